The van der Waals surface area contributed by atoms with E-state index >= 15 is 0 Å². The summed E-state index contributed by atoms with van der Waals surface area (Å²) in [7, 11) is 2.24. The number of aromatic nitrogens is 1. The van der Waals surface area contributed by atoms with Crippen molar-refractivity contribution in [3.63, 3.8) is 0 Å². The van der Waals surface area contributed by atoms with Gasteiger partial charge in [-0.15, -0.1) is 0 Å². The maximum atomic E-state index is 5.61. The molecular weight excluding hydrogens is 328 g/mol. The zero-order chi connectivity index (χ0) is 17.6. The third kappa shape index (κ3) is 2.66. The quantitative estimate of drug-likeness (QED) is 0.853. The molecule has 1 aliphatic carbocycles. The van der Waals surface area contributed by atoms with Gasteiger partial charge < -0.3 is 4.90 Å². The van der Waals surface area contributed by atoms with Crippen LogP contribution >= 0.6 is 12.2 Å². The van der Waals surface area contributed by atoms with Crippen molar-refractivity contribution in [1.82, 2.24) is 14.5 Å². The van der Waals surface area contributed by atoms with Gasteiger partial charge in [-0.05, 0) is 68.7 Å². The molecule has 4 rings (SSSR count). The summed E-state index contributed by atoms with van der Waals surface area (Å²) in [6.45, 7) is 7.25. The number of hydrogen-bond donors (Lipinski definition) is 1. The van der Waals surface area contributed by atoms with Gasteiger partial charge in [-0.1, -0.05) is 18.2 Å². The van der Waals surface area contributed by atoms with E-state index in [0.29, 0.717) is 6.04 Å². The van der Waals surface area contributed by atoms with Crippen LogP contribution in [0.3, 0.4) is 0 Å². The lowest BCUT2D eigenvalue weighted by Crippen LogP contribution is -2.39. The fraction of sp³-hybridized carbons (Fsp3) is 0.450. The average molecular weight is 355 g/mol. The van der Waals surface area contributed by atoms with Crippen LogP contribution in [0.4, 0.5) is 0 Å². The third-order valence-corrected chi connectivity index (χ3v) is 5.99. The molecule has 0 saturated carbocycles. The van der Waals surface area contributed by atoms with Crippen LogP contribution in [0, 0.1) is 0 Å². The zero-order valence-corrected chi connectivity index (χ0v) is 16.1. The third-order valence-electron chi connectivity index (χ3n) is 5.64. The van der Waals surface area contributed by atoms with E-state index < -0.39 is 0 Å². The molecule has 2 aromatic rings. The Morgan fingerprint density at radius 1 is 1.32 bits per heavy atom. The van der Waals surface area contributed by atoms with Gasteiger partial charge in [0, 0.05) is 37.3 Å². The highest BCUT2D eigenvalue weighted by atomic mass is 32.1. The molecule has 25 heavy (non-hydrogen) atoms. The predicted octanol–water partition coefficient (Wildman–Crippen LogP) is 3.46. The first-order valence-electron chi connectivity index (χ1n) is 9.23. The van der Waals surface area contributed by atoms with E-state index in [-0.39, 0.29) is 0 Å². The first-order chi connectivity index (χ1) is 12.1. The Morgan fingerprint density at radius 3 is 2.88 bits per heavy atom. The molecule has 0 spiro atoms. The van der Waals surface area contributed by atoms with Gasteiger partial charge in [-0.2, -0.15) is 0 Å². The Labute approximate surface area is 155 Å². The van der Waals surface area contributed by atoms with Gasteiger partial charge in [0.1, 0.15) is 0 Å². The normalized spacial score (nSPS) is 19.5. The summed E-state index contributed by atoms with van der Waals surface area (Å²) in [6, 6.07) is 7.12. The molecule has 132 valence electrons. The lowest BCUT2D eigenvalue weighted by atomic mass is 9.82. The molecule has 1 aromatic carbocycles. The zero-order valence-electron chi connectivity index (χ0n) is 15.2. The number of thiocarbonyl (C=S) groups is 1. The molecule has 2 heterocycles. The number of rotatable bonds is 3. The molecule has 1 atom stereocenters. The number of fused-ring (bicyclic) bond motifs is 2. The Balaban J connectivity index is 1.77. The summed E-state index contributed by atoms with van der Waals surface area (Å²) in [5.41, 5.74) is 8.95. The van der Waals surface area contributed by atoms with E-state index in [1.807, 2.05) is 0 Å². The van der Waals surface area contributed by atoms with Crippen LogP contribution in [-0.2, 0) is 6.42 Å². The van der Waals surface area contributed by atoms with E-state index in [1.54, 1.807) is 0 Å². The van der Waals surface area contributed by atoms with Gasteiger partial charge in [0.15, 0.2) is 5.11 Å². The van der Waals surface area contributed by atoms with E-state index in [1.165, 1.54) is 27.6 Å². The highest BCUT2D eigenvalue weighted by Crippen LogP contribution is 2.40. The van der Waals surface area contributed by atoms with Gasteiger partial charge in [-0.3, -0.25) is 15.0 Å². The topological polar surface area (TPSA) is 23.4 Å². The first-order valence-corrected chi connectivity index (χ1v) is 9.64. The minimum absolute atomic E-state index is 0.498. The molecule has 0 radical (unpaired) electrons. The molecule has 0 bridgehead atoms. The average Bonchev–Trinajstić information content (AvgIpc) is 2.96. The molecule has 0 amide bonds. The summed E-state index contributed by atoms with van der Waals surface area (Å²) in [4.78, 5) is 4.66. The van der Waals surface area contributed by atoms with Crippen molar-refractivity contribution in [2.45, 2.75) is 32.7 Å². The highest BCUT2D eigenvalue weighted by molar-refractivity contribution is 7.80. The summed E-state index contributed by atoms with van der Waals surface area (Å²) in [5, 5.41) is 2.17. The second-order valence-electron chi connectivity index (χ2n) is 6.96. The fourth-order valence-corrected chi connectivity index (χ4v) is 4.61. The van der Waals surface area contributed by atoms with E-state index in [2.05, 4.69) is 71.3 Å². The summed E-state index contributed by atoms with van der Waals surface area (Å²) in [5.74, 6) is 0. The number of nitrogens with zero attached hydrogens (tertiary/aromatic N) is 3. The Morgan fingerprint density at radius 2 is 2.12 bits per heavy atom. The molecule has 0 saturated heterocycles. The monoisotopic (exact) mass is 354 g/mol. The standard InChI is InChI=1S/C20H26N4S/c1-4-23(5-2)20(25)21-24-13-14-12-18-15(9-7-11-22(18)3)16-8-6-10-17(24)19(14)16/h6,8-10,13,18H,4-5,7,11-12H2,1-3H3,(H,21,25)/t18-/m1/s1. The van der Waals surface area contributed by atoms with Crippen LogP contribution in [0.15, 0.2) is 30.5 Å². The summed E-state index contributed by atoms with van der Waals surface area (Å²) >= 11 is 5.61. The van der Waals surface area contributed by atoms with Crippen LogP contribution in [0.25, 0.3) is 16.5 Å². The van der Waals surface area contributed by atoms with Crippen molar-refractivity contribution >= 4 is 33.8 Å². The molecule has 0 unspecified atom stereocenters. The maximum Gasteiger partial charge on any atom is 0.188 e. The Hall–Kier alpha value is -1.85. The van der Waals surface area contributed by atoms with Crippen molar-refractivity contribution < 1.29 is 0 Å². The molecule has 2 aliphatic rings. The van der Waals surface area contributed by atoms with Crippen LogP contribution in [0.5, 0.6) is 0 Å². The fourth-order valence-electron chi connectivity index (χ4n) is 4.26. The number of benzene rings is 1. The van der Waals surface area contributed by atoms with Crippen LogP contribution in [-0.4, -0.2) is 52.3 Å². The second-order valence-corrected chi connectivity index (χ2v) is 7.35. The molecular formula is C20H26N4S. The smallest absolute Gasteiger partial charge is 0.188 e. The number of nitrogens with one attached hydrogen (secondary N) is 1. The van der Waals surface area contributed by atoms with Crippen molar-refractivity contribution in [3.8, 4) is 0 Å². The minimum Gasteiger partial charge on any atom is -0.348 e. The van der Waals surface area contributed by atoms with Gasteiger partial charge in [0.25, 0.3) is 0 Å². The molecule has 1 aliphatic heterocycles. The minimum atomic E-state index is 0.498. The molecule has 5 heteroatoms. The van der Waals surface area contributed by atoms with Crippen molar-refractivity contribution in [3.05, 3.63) is 41.6 Å². The number of hydrogen-bond acceptors (Lipinski definition) is 2. The van der Waals surface area contributed by atoms with Crippen LogP contribution in [0.2, 0.25) is 0 Å². The van der Waals surface area contributed by atoms with Crippen molar-refractivity contribution in [1.29, 1.82) is 0 Å². The van der Waals surface area contributed by atoms with Crippen molar-refractivity contribution in [2.24, 2.45) is 0 Å². The Bertz CT molecular complexity index is 847. The molecule has 1 N–H and O–H groups in total. The lowest BCUT2D eigenvalue weighted by Gasteiger charge is -2.36. The van der Waals surface area contributed by atoms with Crippen molar-refractivity contribution in [2.75, 3.05) is 32.1 Å². The van der Waals surface area contributed by atoms with Gasteiger partial charge in [0.2, 0.25) is 0 Å². The van der Waals surface area contributed by atoms with E-state index in [9.17, 15) is 0 Å². The van der Waals surface area contributed by atoms with E-state index in [0.717, 1.165) is 37.6 Å². The van der Waals surface area contributed by atoms with Gasteiger partial charge >= 0.3 is 0 Å². The second kappa shape index (κ2) is 6.46. The molecule has 1 aromatic heterocycles. The Kier molecular flexibility index (Phi) is 4.29. The summed E-state index contributed by atoms with van der Waals surface area (Å²) in [6.07, 6.45) is 6.89. The van der Waals surface area contributed by atoms with Gasteiger partial charge in [-0.25, -0.2) is 0 Å². The first kappa shape index (κ1) is 16.6. The SMILES string of the molecule is CCN(CC)C(=S)Nn1cc2c3c(cccc31)C1=CCCN(C)[C@@H]1C2. The predicted molar refractivity (Wildman–Crippen MR) is 110 cm³/mol. The maximum absolute atomic E-state index is 5.61. The molecule has 4 nitrogen and oxygen atoms in total. The van der Waals surface area contributed by atoms with Crippen LogP contribution < -0.4 is 5.43 Å². The van der Waals surface area contributed by atoms with E-state index in [4.69, 9.17) is 12.2 Å². The molecule has 0 fully saturated rings. The largest absolute Gasteiger partial charge is 0.348 e. The highest BCUT2D eigenvalue weighted by Gasteiger charge is 2.31. The summed E-state index contributed by atoms with van der Waals surface area (Å²) < 4.78 is 2.12. The lowest BCUT2D eigenvalue weighted by molar-refractivity contribution is 0.282. The van der Waals surface area contributed by atoms with Crippen LogP contribution in [0.1, 0.15) is 31.4 Å². The van der Waals surface area contributed by atoms with Gasteiger partial charge in [0.05, 0.1) is 5.52 Å². The number of likely N-dealkylation sites (N-methyl/N-ethyl adjacent to an activating group) is 1.